The van der Waals surface area contributed by atoms with Gasteiger partial charge in [-0.05, 0) is 18.9 Å². The largest absolute Gasteiger partial charge is 0.360 e. The maximum absolute atomic E-state index is 13.3. The molecule has 1 aromatic heterocycles. The average molecular weight is 375 g/mol. The monoisotopic (exact) mass is 375 g/mol. The highest BCUT2D eigenvalue weighted by Gasteiger charge is 2.27. The maximum atomic E-state index is 13.3. The van der Waals surface area contributed by atoms with Crippen molar-refractivity contribution >= 4 is 5.91 Å². The molecule has 28 heavy (non-hydrogen) atoms. The van der Waals surface area contributed by atoms with Crippen LogP contribution in [0.3, 0.4) is 0 Å². The molecule has 0 atom stereocenters. The Morgan fingerprint density at radius 1 is 0.964 bits per heavy atom. The Bertz CT molecular complexity index is 922. The second kappa shape index (κ2) is 8.40. The van der Waals surface area contributed by atoms with E-state index in [1.807, 2.05) is 48.2 Å². The number of hydrogen-bond acceptors (Lipinski definition) is 4. The minimum atomic E-state index is 0.0131. The zero-order chi connectivity index (χ0) is 19.3. The van der Waals surface area contributed by atoms with Crippen LogP contribution in [0.5, 0.6) is 0 Å². The van der Waals surface area contributed by atoms with Crippen LogP contribution in [0.15, 0.2) is 65.2 Å². The van der Waals surface area contributed by atoms with Gasteiger partial charge in [0.1, 0.15) is 17.0 Å². The Hall–Kier alpha value is -2.92. The molecule has 1 amide bonds. The van der Waals surface area contributed by atoms with Crippen molar-refractivity contribution in [3.63, 3.8) is 0 Å². The first-order chi connectivity index (χ1) is 13.7. The van der Waals surface area contributed by atoms with Crippen molar-refractivity contribution in [2.45, 2.75) is 19.9 Å². The van der Waals surface area contributed by atoms with Gasteiger partial charge in [-0.3, -0.25) is 9.69 Å². The van der Waals surface area contributed by atoms with Crippen LogP contribution in [0.25, 0.3) is 11.3 Å². The molecular weight excluding hydrogens is 350 g/mol. The van der Waals surface area contributed by atoms with Crippen molar-refractivity contribution in [1.29, 1.82) is 0 Å². The lowest BCUT2D eigenvalue weighted by atomic mass is 10.1. The van der Waals surface area contributed by atoms with Gasteiger partial charge in [0.15, 0.2) is 0 Å². The standard InChI is InChI=1S/C23H25N3O2/c1-18-21(22(24-28-18)20-11-6-3-7-12-20)23(27)26-14-8-13-25(15-16-26)17-19-9-4-2-5-10-19/h2-7,9-12H,8,13-17H2,1H3. The normalized spacial score (nSPS) is 15.4. The Kier molecular flexibility index (Phi) is 5.53. The van der Waals surface area contributed by atoms with E-state index >= 15 is 0 Å². The summed E-state index contributed by atoms with van der Waals surface area (Å²) in [7, 11) is 0. The number of benzene rings is 2. The van der Waals surface area contributed by atoms with Crippen LogP contribution in [0, 0.1) is 6.92 Å². The Labute approximate surface area is 165 Å². The molecule has 1 aliphatic heterocycles. The molecule has 0 bridgehead atoms. The van der Waals surface area contributed by atoms with E-state index in [1.165, 1.54) is 5.56 Å². The summed E-state index contributed by atoms with van der Waals surface area (Å²) in [4.78, 5) is 17.7. The topological polar surface area (TPSA) is 49.6 Å². The van der Waals surface area contributed by atoms with Crippen LogP contribution in [0.1, 0.15) is 28.1 Å². The lowest BCUT2D eigenvalue weighted by molar-refractivity contribution is 0.0760. The van der Waals surface area contributed by atoms with Crippen molar-refractivity contribution in [3.05, 3.63) is 77.6 Å². The summed E-state index contributed by atoms with van der Waals surface area (Å²) in [5.41, 5.74) is 3.43. The maximum Gasteiger partial charge on any atom is 0.259 e. The molecule has 5 heteroatoms. The number of nitrogens with zero attached hydrogens (tertiary/aromatic N) is 3. The van der Waals surface area contributed by atoms with Crippen LogP contribution in [-0.2, 0) is 6.54 Å². The van der Waals surface area contributed by atoms with Gasteiger partial charge >= 0.3 is 0 Å². The zero-order valence-electron chi connectivity index (χ0n) is 16.2. The molecule has 2 aromatic carbocycles. The van der Waals surface area contributed by atoms with Gasteiger partial charge in [-0.2, -0.15) is 0 Å². The van der Waals surface area contributed by atoms with Gasteiger partial charge in [-0.15, -0.1) is 0 Å². The molecule has 0 N–H and O–H groups in total. The van der Waals surface area contributed by atoms with E-state index in [0.29, 0.717) is 23.6 Å². The lowest BCUT2D eigenvalue weighted by Gasteiger charge is -2.22. The molecule has 0 aliphatic carbocycles. The summed E-state index contributed by atoms with van der Waals surface area (Å²) >= 11 is 0. The third-order valence-corrected chi connectivity index (χ3v) is 5.25. The molecule has 1 aliphatic rings. The van der Waals surface area contributed by atoms with E-state index in [2.05, 4.69) is 34.3 Å². The fourth-order valence-corrected chi connectivity index (χ4v) is 3.75. The fourth-order valence-electron chi connectivity index (χ4n) is 3.75. The first-order valence-electron chi connectivity index (χ1n) is 9.79. The Balaban J connectivity index is 1.48. The highest BCUT2D eigenvalue weighted by atomic mass is 16.5. The second-order valence-electron chi connectivity index (χ2n) is 7.24. The number of aryl methyl sites for hydroxylation is 1. The third kappa shape index (κ3) is 3.99. The molecule has 0 spiro atoms. The van der Waals surface area contributed by atoms with Crippen molar-refractivity contribution in [2.24, 2.45) is 0 Å². The number of rotatable bonds is 4. The van der Waals surface area contributed by atoms with Crippen LogP contribution in [-0.4, -0.2) is 47.0 Å². The number of carbonyl (C=O) groups is 1. The molecule has 2 heterocycles. The van der Waals surface area contributed by atoms with Crippen LogP contribution in [0.2, 0.25) is 0 Å². The van der Waals surface area contributed by atoms with E-state index in [-0.39, 0.29) is 5.91 Å². The minimum absolute atomic E-state index is 0.0131. The average Bonchev–Trinajstić information content (AvgIpc) is 2.96. The Morgan fingerprint density at radius 2 is 1.68 bits per heavy atom. The molecule has 1 saturated heterocycles. The molecule has 0 saturated carbocycles. The summed E-state index contributed by atoms with van der Waals surface area (Å²) in [6, 6.07) is 20.2. The summed E-state index contributed by atoms with van der Waals surface area (Å²) in [5, 5.41) is 4.16. The molecule has 0 radical (unpaired) electrons. The van der Waals surface area contributed by atoms with Gasteiger partial charge in [-0.1, -0.05) is 65.8 Å². The van der Waals surface area contributed by atoms with E-state index in [0.717, 1.165) is 38.2 Å². The third-order valence-electron chi connectivity index (χ3n) is 5.25. The van der Waals surface area contributed by atoms with Gasteiger partial charge < -0.3 is 9.42 Å². The lowest BCUT2D eigenvalue weighted by Crippen LogP contribution is -2.35. The summed E-state index contributed by atoms with van der Waals surface area (Å²) < 4.78 is 5.39. The van der Waals surface area contributed by atoms with Gasteiger partial charge in [0.25, 0.3) is 5.91 Å². The smallest absolute Gasteiger partial charge is 0.259 e. The summed E-state index contributed by atoms with van der Waals surface area (Å²) in [6.45, 7) is 6.06. The van der Waals surface area contributed by atoms with Gasteiger partial charge in [0.05, 0.1) is 0 Å². The minimum Gasteiger partial charge on any atom is -0.360 e. The number of hydrogen-bond donors (Lipinski definition) is 0. The summed E-state index contributed by atoms with van der Waals surface area (Å²) in [6.07, 6.45) is 0.962. The summed E-state index contributed by atoms with van der Waals surface area (Å²) in [5.74, 6) is 0.591. The molecule has 144 valence electrons. The number of amides is 1. The predicted octanol–water partition coefficient (Wildman–Crippen LogP) is 4.00. The van der Waals surface area contributed by atoms with E-state index < -0.39 is 0 Å². The molecule has 5 nitrogen and oxygen atoms in total. The van der Waals surface area contributed by atoms with Crippen molar-refractivity contribution in [1.82, 2.24) is 15.0 Å². The van der Waals surface area contributed by atoms with Gasteiger partial charge in [0, 0.05) is 38.3 Å². The second-order valence-corrected chi connectivity index (χ2v) is 7.24. The zero-order valence-corrected chi connectivity index (χ0v) is 16.2. The van der Waals surface area contributed by atoms with Crippen LogP contribution in [0.4, 0.5) is 0 Å². The van der Waals surface area contributed by atoms with E-state index in [4.69, 9.17) is 4.52 Å². The molecule has 3 aromatic rings. The Morgan fingerprint density at radius 3 is 2.43 bits per heavy atom. The van der Waals surface area contributed by atoms with Crippen LogP contribution >= 0.6 is 0 Å². The SMILES string of the molecule is Cc1onc(-c2ccccc2)c1C(=O)N1CCCN(Cc2ccccc2)CC1. The van der Waals surface area contributed by atoms with Gasteiger partial charge in [-0.25, -0.2) is 0 Å². The fraction of sp³-hybridized carbons (Fsp3) is 0.304. The highest BCUT2D eigenvalue weighted by Crippen LogP contribution is 2.26. The molecule has 0 unspecified atom stereocenters. The van der Waals surface area contributed by atoms with Crippen LogP contribution < -0.4 is 0 Å². The van der Waals surface area contributed by atoms with Gasteiger partial charge in [0.2, 0.25) is 0 Å². The first kappa shape index (κ1) is 18.4. The number of carbonyl (C=O) groups excluding carboxylic acids is 1. The predicted molar refractivity (Wildman–Crippen MR) is 109 cm³/mol. The van der Waals surface area contributed by atoms with Crippen molar-refractivity contribution < 1.29 is 9.32 Å². The quantitative estimate of drug-likeness (QED) is 0.692. The molecule has 4 rings (SSSR count). The molecular formula is C23H25N3O2. The molecule has 1 fully saturated rings. The number of aromatic nitrogens is 1. The van der Waals surface area contributed by atoms with Crippen molar-refractivity contribution in [3.8, 4) is 11.3 Å². The van der Waals surface area contributed by atoms with E-state index in [1.54, 1.807) is 0 Å². The van der Waals surface area contributed by atoms with Crippen molar-refractivity contribution in [2.75, 3.05) is 26.2 Å². The van der Waals surface area contributed by atoms with E-state index in [9.17, 15) is 4.79 Å². The first-order valence-corrected chi connectivity index (χ1v) is 9.79. The highest BCUT2D eigenvalue weighted by molar-refractivity contribution is 6.00.